The van der Waals surface area contributed by atoms with Crippen LogP contribution in [0.25, 0.3) is 0 Å². The number of hydrogen-bond acceptors (Lipinski definition) is 5. The van der Waals surface area contributed by atoms with Gasteiger partial charge >= 0.3 is 0 Å². The van der Waals surface area contributed by atoms with Crippen LogP contribution in [0.15, 0.2) is 10.4 Å². The predicted octanol–water partition coefficient (Wildman–Crippen LogP) is -0.745. The summed E-state index contributed by atoms with van der Waals surface area (Å²) in [6.45, 7) is 0.414. The summed E-state index contributed by atoms with van der Waals surface area (Å²) in [6.07, 6.45) is 0. The van der Waals surface area contributed by atoms with Crippen LogP contribution in [0.4, 0.5) is 5.13 Å². The van der Waals surface area contributed by atoms with Crippen molar-refractivity contribution in [2.75, 3.05) is 12.3 Å². The van der Waals surface area contributed by atoms with E-state index in [-0.39, 0.29) is 5.96 Å². The topological polar surface area (TPSA) is 120 Å². The molecule has 0 fully saturated rings. The van der Waals surface area contributed by atoms with Crippen molar-refractivity contribution in [1.82, 2.24) is 4.98 Å². The smallest absolute Gasteiger partial charge is 0.212 e. The lowest BCUT2D eigenvalue weighted by Crippen LogP contribution is -2.21. The highest BCUT2D eigenvalue weighted by Crippen LogP contribution is 2.19. The number of thiazole rings is 1. The number of nitrogens with two attached hydrogens (primary N) is 3. The highest BCUT2D eigenvalue weighted by Gasteiger charge is 2.05. The molecule has 1 aromatic rings. The van der Waals surface area contributed by atoms with E-state index in [9.17, 15) is 4.21 Å². The Balaban J connectivity index is 2.60. The summed E-state index contributed by atoms with van der Waals surface area (Å²) in [5.74, 6) is 0.849. The molecule has 0 aliphatic heterocycles. The maximum absolute atomic E-state index is 11.4. The molecule has 1 aromatic heterocycles. The van der Waals surface area contributed by atoms with Crippen LogP contribution in [0.5, 0.6) is 0 Å². The molecule has 1 unspecified atom stereocenters. The fraction of sp³-hybridized carbons (Fsp3) is 0.429. The number of aromatic nitrogens is 1. The molecule has 0 saturated heterocycles. The fourth-order valence-electron chi connectivity index (χ4n) is 0.893. The van der Waals surface area contributed by atoms with Gasteiger partial charge in [-0.15, -0.1) is 11.3 Å². The van der Waals surface area contributed by atoms with Crippen LogP contribution in [0, 0.1) is 0 Å². The third-order valence-corrected chi connectivity index (χ3v) is 3.51. The first kappa shape index (κ1) is 12.1. The Morgan fingerprint density at radius 1 is 1.60 bits per heavy atom. The molecular weight excluding hydrogens is 234 g/mol. The van der Waals surface area contributed by atoms with Crippen molar-refractivity contribution >= 4 is 33.2 Å². The van der Waals surface area contributed by atoms with Crippen molar-refractivity contribution in [3.63, 3.8) is 0 Å². The molecule has 0 amide bonds. The minimum absolute atomic E-state index is 0.0287. The molecule has 0 bridgehead atoms. The third-order valence-electron chi connectivity index (χ3n) is 1.42. The van der Waals surface area contributed by atoms with Crippen LogP contribution < -0.4 is 17.2 Å². The number of nitrogens with zero attached hydrogens (tertiary/aromatic N) is 2. The number of rotatable bonds is 5. The SMILES string of the molecule is NCCS(=O)Cc1csc(N=C(N)N)n1. The Bertz CT molecular complexity index is 371. The van der Waals surface area contributed by atoms with Crippen molar-refractivity contribution < 1.29 is 4.21 Å². The van der Waals surface area contributed by atoms with Crippen molar-refractivity contribution in [2.45, 2.75) is 5.75 Å². The van der Waals surface area contributed by atoms with Crippen molar-refractivity contribution in [3.05, 3.63) is 11.1 Å². The number of hydrogen-bond donors (Lipinski definition) is 3. The van der Waals surface area contributed by atoms with E-state index in [0.717, 1.165) is 5.69 Å². The Hall–Kier alpha value is -0.990. The van der Waals surface area contributed by atoms with Crippen LogP contribution in [-0.4, -0.2) is 27.5 Å². The molecule has 1 heterocycles. The third kappa shape index (κ3) is 4.36. The molecule has 1 rings (SSSR count). The van der Waals surface area contributed by atoms with Crippen LogP contribution in [-0.2, 0) is 16.6 Å². The van der Waals surface area contributed by atoms with E-state index in [2.05, 4.69) is 9.98 Å². The number of aliphatic imine (C=N–C) groups is 1. The molecule has 0 radical (unpaired) electrons. The highest BCUT2D eigenvalue weighted by molar-refractivity contribution is 7.84. The summed E-state index contributed by atoms with van der Waals surface area (Å²) in [7, 11) is -0.962. The second-order valence-corrected chi connectivity index (χ2v) is 5.15. The maximum Gasteiger partial charge on any atom is 0.212 e. The van der Waals surface area contributed by atoms with Gasteiger partial charge in [0, 0.05) is 28.5 Å². The van der Waals surface area contributed by atoms with Crippen LogP contribution in [0.1, 0.15) is 5.69 Å². The van der Waals surface area contributed by atoms with Gasteiger partial charge in [-0.25, -0.2) is 4.98 Å². The van der Waals surface area contributed by atoms with Crippen molar-refractivity contribution in [1.29, 1.82) is 0 Å². The summed E-state index contributed by atoms with van der Waals surface area (Å²) in [6, 6.07) is 0. The Labute approximate surface area is 94.0 Å². The molecule has 15 heavy (non-hydrogen) atoms. The molecule has 84 valence electrons. The van der Waals surface area contributed by atoms with E-state index >= 15 is 0 Å². The van der Waals surface area contributed by atoms with Gasteiger partial charge < -0.3 is 17.2 Å². The zero-order valence-corrected chi connectivity index (χ0v) is 9.68. The summed E-state index contributed by atoms with van der Waals surface area (Å²) in [5.41, 5.74) is 16.4. The van der Waals surface area contributed by atoms with E-state index in [1.54, 1.807) is 5.38 Å². The van der Waals surface area contributed by atoms with Gasteiger partial charge in [-0.1, -0.05) is 0 Å². The van der Waals surface area contributed by atoms with Gasteiger partial charge in [0.25, 0.3) is 0 Å². The van der Waals surface area contributed by atoms with Crippen molar-refractivity contribution in [3.8, 4) is 0 Å². The van der Waals surface area contributed by atoms with E-state index in [1.807, 2.05) is 0 Å². The van der Waals surface area contributed by atoms with Gasteiger partial charge in [-0.05, 0) is 0 Å². The Kier molecular flexibility index (Phi) is 4.66. The Morgan fingerprint density at radius 2 is 2.33 bits per heavy atom. The second-order valence-electron chi connectivity index (χ2n) is 2.74. The number of guanidine groups is 1. The lowest BCUT2D eigenvalue weighted by Gasteiger charge is -1.95. The monoisotopic (exact) mass is 247 g/mol. The van der Waals surface area contributed by atoms with E-state index < -0.39 is 10.8 Å². The lowest BCUT2D eigenvalue weighted by atomic mass is 10.6. The van der Waals surface area contributed by atoms with E-state index in [0.29, 0.717) is 23.2 Å². The highest BCUT2D eigenvalue weighted by atomic mass is 32.2. The summed E-state index contributed by atoms with van der Waals surface area (Å²) in [4.78, 5) is 7.90. The zero-order chi connectivity index (χ0) is 11.3. The van der Waals surface area contributed by atoms with Crippen LogP contribution >= 0.6 is 11.3 Å². The molecule has 6 N–H and O–H groups in total. The summed E-state index contributed by atoms with van der Waals surface area (Å²) in [5, 5.41) is 2.27. The molecule has 0 saturated carbocycles. The van der Waals surface area contributed by atoms with Crippen LogP contribution in [0.2, 0.25) is 0 Å². The van der Waals surface area contributed by atoms with Crippen molar-refractivity contribution in [2.24, 2.45) is 22.2 Å². The van der Waals surface area contributed by atoms with Gasteiger partial charge in [-0.3, -0.25) is 4.21 Å². The average Bonchev–Trinajstić information content (AvgIpc) is 2.51. The Morgan fingerprint density at radius 3 is 2.93 bits per heavy atom. The molecule has 0 aliphatic carbocycles. The normalized spacial score (nSPS) is 12.3. The molecule has 8 heteroatoms. The minimum atomic E-state index is -0.962. The largest absolute Gasteiger partial charge is 0.370 e. The standard InChI is InChI=1S/C7H13N5OS2/c8-1-2-15(13)4-5-3-14-7(11-5)12-6(9)10/h3H,1-2,4,8H2,(H4,9,10,11,12). The first-order chi connectivity index (χ1) is 7.11. The fourth-order valence-corrected chi connectivity index (χ4v) is 2.59. The maximum atomic E-state index is 11.4. The summed E-state index contributed by atoms with van der Waals surface area (Å²) >= 11 is 1.31. The first-order valence-corrected chi connectivity index (χ1v) is 6.57. The molecule has 6 nitrogen and oxygen atoms in total. The van der Waals surface area contributed by atoms with Gasteiger partial charge in [0.05, 0.1) is 11.4 Å². The summed E-state index contributed by atoms with van der Waals surface area (Å²) < 4.78 is 11.4. The second kappa shape index (κ2) is 5.79. The van der Waals surface area contributed by atoms with Crippen LogP contribution in [0.3, 0.4) is 0 Å². The molecule has 1 atom stereocenters. The first-order valence-electron chi connectivity index (χ1n) is 4.21. The molecule has 0 spiro atoms. The van der Waals surface area contributed by atoms with Gasteiger partial charge in [0.1, 0.15) is 0 Å². The van der Waals surface area contributed by atoms with Gasteiger partial charge in [-0.2, -0.15) is 4.99 Å². The molecule has 0 aliphatic rings. The molecule has 0 aromatic carbocycles. The minimum Gasteiger partial charge on any atom is -0.370 e. The average molecular weight is 247 g/mol. The van der Waals surface area contributed by atoms with E-state index in [4.69, 9.17) is 17.2 Å². The lowest BCUT2D eigenvalue weighted by molar-refractivity contribution is 0.682. The van der Waals surface area contributed by atoms with Gasteiger partial charge in [0.2, 0.25) is 5.13 Å². The quantitative estimate of drug-likeness (QED) is 0.467. The van der Waals surface area contributed by atoms with E-state index in [1.165, 1.54) is 11.3 Å². The molecular formula is C7H13N5OS2. The predicted molar refractivity (Wildman–Crippen MR) is 63.4 cm³/mol. The van der Waals surface area contributed by atoms with Gasteiger partial charge in [0.15, 0.2) is 5.96 Å². The zero-order valence-electron chi connectivity index (χ0n) is 8.05.